The Morgan fingerprint density at radius 1 is 0.941 bits per heavy atom. The molecule has 0 aliphatic heterocycles. The molecular weight excluding hydrogens is 229 g/mol. The first-order valence-corrected chi connectivity index (χ1v) is 4.87. The van der Waals surface area contributed by atoms with Crippen molar-refractivity contribution in [2.24, 2.45) is 0 Å². The van der Waals surface area contributed by atoms with E-state index in [0.717, 1.165) is 12.1 Å². The lowest BCUT2D eigenvalue weighted by Crippen LogP contribution is -2.04. The fraction of sp³-hybridized carbons (Fsp3) is 0.0769. The van der Waals surface area contributed by atoms with Crippen LogP contribution in [0.4, 0.5) is 13.2 Å². The maximum atomic E-state index is 12.4. The summed E-state index contributed by atoms with van der Waals surface area (Å²) in [6.45, 7) is 0. The quantitative estimate of drug-likeness (QED) is 0.756. The summed E-state index contributed by atoms with van der Waals surface area (Å²) in [7, 11) is 0. The van der Waals surface area contributed by atoms with Gasteiger partial charge >= 0.3 is 6.18 Å². The van der Waals surface area contributed by atoms with Gasteiger partial charge in [0.2, 0.25) is 0 Å². The summed E-state index contributed by atoms with van der Waals surface area (Å²) in [5.74, 6) is 0.633. The highest BCUT2D eigenvalue weighted by Gasteiger charge is 2.30. The first-order valence-electron chi connectivity index (χ1n) is 4.87. The van der Waals surface area contributed by atoms with Crippen molar-refractivity contribution in [2.45, 2.75) is 6.18 Å². The van der Waals surface area contributed by atoms with Crippen molar-refractivity contribution in [2.75, 3.05) is 0 Å². The van der Waals surface area contributed by atoms with Gasteiger partial charge in [0, 0.05) is 0 Å². The highest BCUT2D eigenvalue weighted by Crippen LogP contribution is 2.32. The van der Waals surface area contributed by atoms with Gasteiger partial charge in [-0.2, -0.15) is 13.2 Å². The molecule has 2 aromatic carbocycles. The van der Waals surface area contributed by atoms with E-state index in [1.165, 1.54) is 12.1 Å². The van der Waals surface area contributed by atoms with Gasteiger partial charge in [0.15, 0.2) is 0 Å². The topological polar surface area (TPSA) is 9.23 Å². The zero-order chi connectivity index (χ0) is 12.3. The molecule has 0 aliphatic carbocycles. The minimum Gasteiger partial charge on any atom is -0.457 e. The van der Waals surface area contributed by atoms with Gasteiger partial charge in [-0.1, -0.05) is 18.2 Å². The summed E-state index contributed by atoms with van der Waals surface area (Å²) in [5, 5.41) is 0. The number of halogens is 3. The van der Waals surface area contributed by atoms with Gasteiger partial charge < -0.3 is 4.74 Å². The van der Waals surface area contributed by atoms with Crippen LogP contribution in [-0.4, -0.2) is 0 Å². The summed E-state index contributed by atoms with van der Waals surface area (Å²) in [4.78, 5) is 0. The molecule has 0 unspecified atom stereocenters. The Hall–Kier alpha value is -1.97. The average molecular weight is 237 g/mol. The van der Waals surface area contributed by atoms with Gasteiger partial charge in [-0.05, 0) is 36.4 Å². The van der Waals surface area contributed by atoms with E-state index in [4.69, 9.17) is 4.74 Å². The molecule has 2 rings (SSSR count). The Bertz CT molecular complexity index is 492. The monoisotopic (exact) mass is 237 g/mol. The number of benzene rings is 2. The smallest absolute Gasteiger partial charge is 0.416 e. The predicted molar refractivity (Wildman–Crippen MR) is 56.8 cm³/mol. The molecule has 1 radical (unpaired) electrons. The van der Waals surface area contributed by atoms with Crippen molar-refractivity contribution < 1.29 is 17.9 Å². The van der Waals surface area contributed by atoms with Crippen LogP contribution in [0.2, 0.25) is 0 Å². The van der Waals surface area contributed by atoms with Crippen LogP contribution in [0.25, 0.3) is 0 Å². The van der Waals surface area contributed by atoms with Crippen molar-refractivity contribution in [1.82, 2.24) is 0 Å². The Kier molecular flexibility index (Phi) is 3.04. The second kappa shape index (κ2) is 4.49. The lowest BCUT2D eigenvalue weighted by molar-refractivity contribution is -0.137. The third-order valence-electron chi connectivity index (χ3n) is 2.08. The second-order valence-electron chi connectivity index (χ2n) is 3.36. The minimum absolute atomic E-state index is 0.158. The van der Waals surface area contributed by atoms with Gasteiger partial charge in [0.25, 0.3) is 0 Å². The van der Waals surface area contributed by atoms with E-state index < -0.39 is 11.7 Å². The van der Waals surface area contributed by atoms with Crippen LogP contribution in [-0.2, 0) is 6.18 Å². The number of hydrogen-bond acceptors (Lipinski definition) is 1. The second-order valence-corrected chi connectivity index (χ2v) is 3.36. The SMILES string of the molecule is FC(F)(F)c1cccc(Oc2cc[c]cc2)c1. The zero-order valence-corrected chi connectivity index (χ0v) is 8.66. The van der Waals surface area contributed by atoms with Crippen molar-refractivity contribution in [3.8, 4) is 11.5 Å². The van der Waals surface area contributed by atoms with Gasteiger partial charge in [-0.3, -0.25) is 0 Å². The molecule has 4 heteroatoms. The number of rotatable bonds is 2. The minimum atomic E-state index is -4.36. The molecule has 0 aliphatic rings. The first-order chi connectivity index (χ1) is 8.05. The predicted octanol–water partition coefficient (Wildman–Crippen LogP) is 4.30. The highest BCUT2D eigenvalue weighted by molar-refractivity contribution is 5.34. The molecule has 0 atom stereocenters. The third-order valence-corrected chi connectivity index (χ3v) is 2.08. The fourth-order valence-corrected chi connectivity index (χ4v) is 1.31. The summed E-state index contributed by atoms with van der Waals surface area (Å²) >= 11 is 0. The molecule has 1 nitrogen and oxygen atoms in total. The lowest BCUT2D eigenvalue weighted by Gasteiger charge is -2.09. The van der Waals surface area contributed by atoms with Crippen LogP contribution in [0.15, 0.2) is 48.5 Å². The largest absolute Gasteiger partial charge is 0.457 e. The van der Waals surface area contributed by atoms with Crippen LogP contribution in [0, 0.1) is 6.07 Å². The third kappa shape index (κ3) is 3.00. The van der Waals surface area contributed by atoms with E-state index in [9.17, 15) is 13.2 Å². The van der Waals surface area contributed by atoms with Gasteiger partial charge in [0.1, 0.15) is 11.5 Å². The van der Waals surface area contributed by atoms with Crippen molar-refractivity contribution in [3.05, 3.63) is 60.2 Å². The Morgan fingerprint density at radius 2 is 1.65 bits per heavy atom. The Balaban J connectivity index is 2.23. The molecule has 0 N–H and O–H groups in total. The first kappa shape index (κ1) is 11.5. The molecular formula is C13H8F3O. The normalized spacial score (nSPS) is 11.2. The van der Waals surface area contributed by atoms with Crippen molar-refractivity contribution in [1.29, 1.82) is 0 Å². The van der Waals surface area contributed by atoms with Gasteiger partial charge in [0.05, 0.1) is 5.56 Å². The highest BCUT2D eigenvalue weighted by atomic mass is 19.4. The van der Waals surface area contributed by atoms with E-state index in [1.54, 1.807) is 24.3 Å². The van der Waals surface area contributed by atoms with E-state index in [-0.39, 0.29) is 5.75 Å². The molecule has 2 aromatic rings. The van der Waals surface area contributed by atoms with Crippen LogP contribution in [0.3, 0.4) is 0 Å². The summed E-state index contributed by atoms with van der Waals surface area (Å²) in [5.41, 5.74) is -0.725. The number of hydrogen-bond donors (Lipinski definition) is 0. The summed E-state index contributed by atoms with van der Waals surface area (Å²) in [6, 6.07) is 14.1. The van der Waals surface area contributed by atoms with Crippen molar-refractivity contribution in [3.63, 3.8) is 0 Å². The van der Waals surface area contributed by atoms with Crippen molar-refractivity contribution >= 4 is 0 Å². The van der Waals surface area contributed by atoms with Crippen LogP contribution >= 0.6 is 0 Å². The van der Waals surface area contributed by atoms with E-state index >= 15 is 0 Å². The Morgan fingerprint density at radius 3 is 2.29 bits per heavy atom. The molecule has 0 fully saturated rings. The molecule has 17 heavy (non-hydrogen) atoms. The van der Waals surface area contributed by atoms with E-state index in [1.807, 2.05) is 0 Å². The molecule has 0 amide bonds. The summed E-state index contributed by atoms with van der Waals surface area (Å²) in [6.07, 6.45) is -4.36. The van der Waals surface area contributed by atoms with Crippen LogP contribution in [0.5, 0.6) is 11.5 Å². The maximum Gasteiger partial charge on any atom is 0.416 e. The number of alkyl halides is 3. The van der Waals surface area contributed by atoms with Gasteiger partial charge in [-0.25, -0.2) is 0 Å². The fourth-order valence-electron chi connectivity index (χ4n) is 1.31. The molecule has 87 valence electrons. The summed E-state index contributed by atoms with van der Waals surface area (Å²) < 4.78 is 42.6. The van der Waals surface area contributed by atoms with Crippen LogP contribution in [0.1, 0.15) is 5.56 Å². The Labute approximate surface area is 96.5 Å². The number of ether oxygens (including phenoxy) is 1. The average Bonchev–Trinajstić information content (AvgIpc) is 2.29. The molecule has 0 aromatic heterocycles. The maximum absolute atomic E-state index is 12.4. The molecule has 0 heterocycles. The van der Waals surface area contributed by atoms with E-state index in [0.29, 0.717) is 5.75 Å². The van der Waals surface area contributed by atoms with Crippen LogP contribution < -0.4 is 4.74 Å². The van der Waals surface area contributed by atoms with E-state index in [2.05, 4.69) is 6.07 Å². The standard InChI is InChI=1S/C13H8F3O/c14-13(15,16)10-5-4-8-12(9-10)17-11-6-2-1-3-7-11/h2-9H. The van der Waals surface area contributed by atoms with Gasteiger partial charge in [-0.15, -0.1) is 0 Å². The lowest BCUT2D eigenvalue weighted by atomic mass is 10.2. The molecule has 0 saturated heterocycles. The molecule has 0 bridgehead atoms. The molecule has 0 spiro atoms. The zero-order valence-electron chi connectivity index (χ0n) is 8.66. The molecule has 0 saturated carbocycles.